The van der Waals surface area contributed by atoms with Crippen molar-refractivity contribution < 1.29 is 4.79 Å². The van der Waals surface area contributed by atoms with Crippen molar-refractivity contribution in [2.45, 2.75) is 46.5 Å². The van der Waals surface area contributed by atoms with Gasteiger partial charge in [-0.1, -0.05) is 20.8 Å². The molecule has 3 rings (SSSR count). The van der Waals surface area contributed by atoms with E-state index in [1.165, 1.54) is 25.7 Å². The van der Waals surface area contributed by atoms with E-state index in [9.17, 15) is 4.79 Å². The van der Waals surface area contributed by atoms with Crippen molar-refractivity contribution in [1.29, 1.82) is 0 Å². The van der Waals surface area contributed by atoms with E-state index in [0.717, 1.165) is 23.7 Å². The first-order valence-electron chi connectivity index (χ1n) is 6.60. The van der Waals surface area contributed by atoms with Gasteiger partial charge in [0.15, 0.2) is 0 Å². The Kier molecular flexibility index (Phi) is 1.88. The van der Waals surface area contributed by atoms with E-state index < -0.39 is 0 Å². The second-order valence-corrected chi connectivity index (χ2v) is 6.60. The quantitative estimate of drug-likeness (QED) is 0.643. The summed E-state index contributed by atoms with van der Waals surface area (Å²) < 4.78 is 0. The van der Waals surface area contributed by atoms with Gasteiger partial charge in [0.05, 0.1) is 0 Å². The molecule has 15 heavy (non-hydrogen) atoms. The van der Waals surface area contributed by atoms with Gasteiger partial charge in [-0.25, -0.2) is 0 Å². The molecule has 0 radical (unpaired) electrons. The molecule has 0 heterocycles. The van der Waals surface area contributed by atoms with Gasteiger partial charge in [-0.05, 0) is 49.4 Å². The first kappa shape index (κ1) is 9.86. The fourth-order valence-electron chi connectivity index (χ4n) is 5.02. The molecule has 3 aliphatic carbocycles. The van der Waals surface area contributed by atoms with Crippen LogP contribution in [0.2, 0.25) is 0 Å². The highest BCUT2D eigenvalue weighted by molar-refractivity contribution is 5.91. The molecule has 1 nitrogen and oxygen atoms in total. The van der Waals surface area contributed by atoms with Crippen LogP contribution in [0.4, 0.5) is 0 Å². The molecule has 0 aromatic heterocycles. The largest absolute Gasteiger partial charge is 0.299 e. The summed E-state index contributed by atoms with van der Waals surface area (Å²) in [5.74, 6) is 4.20. The summed E-state index contributed by atoms with van der Waals surface area (Å²) in [6, 6.07) is 0. The summed E-state index contributed by atoms with van der Waals surface area (Å²) in [7, 11) is 0. The average molecular weight is 206 g/mol. The van der Waals surface area contributed by atoms with Crippen molar-refractivity contribution in [3.05, 3.63) is 0 Å². The van der Waals surface area contributed by atoms with E-state index in [4.69, 9.17) is 0 Å². The van der Waals surface area contributed by atoms with Crippen LogP contribution in [-0.4, -0.2) is 5.78 Å². The highest BCUT2D eigenvalue weighted by Crippen LogP contribution is 2.65. The molecule has 3 saturated carbocycles. The molecule has 0 saturated heterocycles. The van der Waals surface area contributed by atoms with Gasteiger partial charge in [-0.15, -0.1) is 0 Å². The number of hydrogen-bond acceptors (Lipinski definition) is 1. The van der Waals surface area contributed by atoms with Gasteiger partial charge in [0.1, 0.15) is 5.78 Å². The molecule has 5 atom stereocenters. The number of Topliss-reactive ketones (excluding diaryl/α,β-unsaturated/α-hetero) is 1. The van der Waals surface area contributed by atoms with Gasteiger partial charge < -0.3 is 0 Å². The predicted octanol–water partition coefficient (Wildman–Crippen LogP) is 3.28. The predicted molar refractivity (Wildman–Crippen MR) is 60.4 cm³/mol. The Labute approximate surface area is 92.6 Å². The molecule has 0 N–H and O–H groups in total. The number of ketones is 1. The van der Waals surface area contributed by atoms with E-state index in [-0.39, 0.29) is 5.41 Å². The van der Waals surface area contributed by atoms with Crippen molar-refractivity contribution in [3.8, 4) is 0 Å². The summed E-state index contributed by atoms with van der Waals surface area (Å²) in [4.78, 5) is 12.3. The minimum atomic E-state index is 0.0962. The molecule has 3 fully saturated rings. The average Bonchev–Trinajstić information content (AvgIpc) is 2.65. The SMILES string of the molecule is CC(C)[C@H]1CC[C@@]2(C)C(=O)[C@@H]3CC[C@H]2[C@H]13. The van der Waals surface area contributed by atoms with Crippen LogP contribution in [-0.2, 0) is 4.79 Å². The zero-order valence-electron chi connectivity index (χ0n) is 10.1. The third-order valence-corrected chi connectivity index (χ3v) is 5.78. The third kappa shape index (κ3) is 1.02. The Bertz CT molecular complexity index is 306. The lowest BCUT2D eigenvalue weighted by Gasteiger charge is -2.41. The standard InChI is InChI=1S/C14H22O/c1-8(2)9-6-7-14(3)11-5-4-10(12(9)11)13(14)15/h8-12H,4-7H2,1-3H3/t9-,10-,11+,12-,14-/m1/s1. The zero-order chi connectivity index (χ0) is 10.8. The molecule has 0 aromatic rings. The maximum absolute atomic E-state index is 12.3. The minimum Gasteiger partial charge on any atom is -0.299 e. The third-order valence-electron chi connectivity index (χ3n) is 5.78. The van der Waals surface area contributed by atoms with Gasteiger partial charge in [0.25, 0.3) is 0 Å². The van der Waals surface area contributed by atoms with Crippen molar-refractivity contribution in [2.75, 3.05) is 0 Å². The van der Waals surface area contributed by atoms with Crippen molar-refractivity contribution >= 4 is 5.78 Å². The molecule has 3 aliphatic rings. The van der Waals surface area contributed by atoms with E-state index in [1.807, 2.05) is 0 Å². The van der Waals surface area contributed by atoms with Crippen LogP contribution in [0.15, 0.2) is 0 Å². The van der Waals surface area contributed by atoms with Gasteiger partial charge in [0.2, 0.25) is 0 Å². The Morgan fingerprint density at radius 3 is 2.67 bits per heavy atom. The van der Waals surface area contributed by atoms with Crippen LogP contribution in [0.3, 0.4) is 0 Å². The topological polar surface area (TPSA) is 17.1 Å². The van der Waals surface area contributed by atoms with Crippen LogP contribution >= 0.6 is 0 Å². The first-order chi connectivity index (χ1) is 7.05. The monoisotopic (exact) mass is 206 g/mol. The fraction of sp³-hybridized carbons (Fsp3) is 0.929. The summed E-state index contributed by atoms with van der Waals surface area (Å²) >= 11 is 0. The molecule has 0 aromatic carbocycles. The van der Waals surface area contributed by atoms with Crippen LogP contribution in [0.5, 0.6) is 0 Å². The highest BCUT2D eigenvalue weighted by Gasteiger charge is 2.64. The second kappa shape index (κ2) is 2.87. The second-order valence-electron chi connectivity index (χ2n) is 6.60. The maximum atomic E-state index is 12.3. The van der Waals surface area contributed by atoms with Gasteiger partial charge in [-0.2, -0.15) is 0 Å². The number of carbonyl (C=O) groups excluding carboxylic acids is 1. The normalized spacial score (nSPS) is 52.9. The molecular formula is C14H22O. The van der Waals surface area contributed by atoms with E-state index >= 15 is 0 Å². The van der Waals surface area contributed by atoms with E-state index in [0.29, 0.717) is 11.7 Å². The van der Waals surface area contributed by atoms with Crippen LogP contribution < -0.4 is 0 Å². The lowest BCUT2D eigenvalue weighted by atomic mass is 9.62. The summed E-state index contributed by atoms with van der Waals surface area (Å²) in [6.45, 7) is 6.94. The summed E-state index contributed by atoms with van der Waals surface area (Å²) in [5.41, 5.74) is 0.0962. The maximum Gasteiger partial charge on any atom is 0.142 e. The van der Waals surface area contributed by atoms with Crippen LogP contribution in [0.25, 0.3) is 0 Å². The van der Waals surface area contributed by atoms with Gasteiger partial charge in [-0.3, -0.25) is 4.79 Å². The Morgan fingerprint density at radius 2 is 2.00 bits per heavy atom. The Balaban J connectivity index is 2.00. The molecule has 0 amide bonds. The molecule has 0 spiro atoms. The van der Waals surface area contributed by atoms with E-state index in [1.54, 1.807) is 0 Å². The van der Waals surface area contributed by atoms with Crippen molar-refractivity contribution in [1.82, 2.24) is 0 Å². The van der Waals surface area contributed by atoms with Gasteiger partial charge >= 0.3 is 0 Å². The molecule has 1 heteroatoms. The lowest BCUT2D eigenvalue weighted by Crippen LogP contribution is -2.38. The first-order valence-corrected chi connectivity index (χ1v) is 6.60. The fourth-order valence-corrected chi connectivity index (χ4v) is 5.02. The van der Waals surface area contributed by atoms with Crippen LogP contribution in [0, 0.1) is 35.0 Å². The number of carbonyl (C=O) groups is 1. The Morgan fingerprint density at radius 1 is 1.27 bits per heavy atom. The zero-order valence-corrected chi connectivity index (χ0v) is 10.1. The summed E-state index contributed by atoms with van der Waals surface area (Å²) in [5, 5.41) is 0. The molecule has 0 unspecified atom stereocenters. The molecular weight excluding hydrogens is 184 g/mol. The van der Waals surface area contributed by atoms with Gasteiger partial charge in [0, 0.05) is 11.3 Å². The lowest BCUT2D eigenvalue weighted by molar-refractivity contribution is -0.131. The number of rotatable bonds is 1. The number of hydrogen-bond donors (Lipinski definition) is 0. The molecule has 0 aliphatic heterocycles. The highest BCUT2D eigenvalue weighted by atomic mass is 16.1. The smallest absolute Gasteiger partial charge is 0.142 e. The van der Waals surface area contributed by atoms with Crippen molar-refractivity contribution in [2.24, 2.45) is 35.0 Å². The Hall–Kier alpha value is -0.330. The molecule has 4 bridgehead atoms. The minimum absolute atomic E-state index is 0.0962. The summed E-state index contributed by atoms with van der Waals surface area (Å²) in [6.07, 6.45) is 5.01. The van der Waals surface area contributed by atoms with E-state index in [2.05, 4.69) is 20.8 Å². The van der Waals surface area contributed by atoms with Crippen LogP contribution in [0.1, 0.15) is 46.5 Å². The van der Waals surface area contributed by atoms with Crippen molar-refractivity contribution in [3.63, 3.8) is 0 Å². The molecule has 84 valence electrons.